The Balaban J connectivity index is 0.000000203. The number of fused-ring (bicyclic) bond motifs is 9. The van der Waals surface area contributed by atoms with Crippen LogP contribution in [0.5, 0.6) is 0 Å². The maximum absolute atomic E-state index is 15.8. The average Bonchev–Trinajstić information content (AvgIpc) is 4.09. The largest absolute Gasteiger partial charge is 0 e. The first-order valence-corrected chi connectivity index (χ1v) is 31.3. The van der Waals surface area contributed by atoms with E-state index in [1.54, 1.807) is 12.1 Å². The SMILES string of the molecule is Cc1cc2c(sc3ccccc32)c(C)c1-n1c(-c2[c-]cc(F)c3c2oc2nc(-c4ccccc4)ccc23)nc2ccc3ccccc3c21.[2H]C([2H])([2H])c1c[c-]c(-c2cc(C([2H])([2H])C(C)C)[c]([Ge]([CH3])([CH3])[CH3])cn2)cc1.[Ir]. The van der Waals surface area contributed by atoms with Crippen LogP contribution in [0.25, 0.3) is 104 Å². The second-order valence-electron chi connectivity index (χ2n) is 19.0. The van der Waals surface area contributed by atoms with Crippen molar-refractivity contribution >= 4 is 93.0 Å². The molecule has 0 saturated carbocycles. The summed E-state index contributed by atoms with van der Waals surface area (Å²) in [4.78, 5) is 14.6. The van der Waals surface area contributed by atoms with Gasteiger partial charge < -0.3 is 8.98 Å². The number of furan rings is 1. The minimum absolute atomic E-state index is 0. The number of benzene rings is 7. The fourth-order valence-corrected chi connectivity index (χ4v) is 13.7. The molecule has 0 aliphatic rings. The molecule has 5 nitrogen and oxygen atoms in total. The van der Waals surface area contributed by atoms with E-state index in [1.807, 2.05) is 79.9 Å². The number of pyridine rings is 2. The second kappa shape index (κ2) is 18.8. The van der Waals surface area contributed by atoms with Crippen LogP contribution in [-0.2, 0) is 26.5 Å². The molecular formula is C61H51FGeIrN4OS-2. The predicted octanol–water partition coefficient (Wildman–Crippen LogP) is 16.3. The summed E-state index contributed by atoms with van der Waals surface area (Å²) in [5, 5.41) is 5.70. The number of aryl methyl sites for hydroxylation is 3. The van der Waals surface area contributed by atoms with Gasteiger partial charge in [-0.3, -0.25) is 9.37 Å². The molecule has 12 rings (SSSR count). The van der Waals surface area contributed by atoms with Gasteiger partial charge >= 0.3 is 139 Å². The molecule has 0 amide bonds. The van der Waals surface area contributed by atoms with Crippen LogP contribution < -0.4 is 4.40 Å². The molecular weight excluding hydrogens is 1120 g/mol. The van der Waals surface area contributed by atoms with Gasteiger partial charge in [-0.1, -0.05) is 84.4 Å². The maximum Gasteiger partial charge on any atom is 0 e. The Morgan fingerprint density at radius 2 is 1.57 bits per heavy atom. The quantitative estimate of drug-likeness (QED) is 0.118. The molecule has 0 fully saturated rings. The van der Waals surface area contributed by atoms with Crippen molar-refractivity contribution in [2.45, 2.75) is 58.2 Å². The van der Waals surface area contributed by atoms with Crippen molar-refractivity contribution in [2.75, 3.05) is 0 Å². The molecule has 0 bridgehead atoms. The molecule has 1 radical (unpaired) electrons. The molecule has 0 spiro atoms. The fourth-order valence-electron chi connectivity index (χ4n) is 9.56. The van der Waals surface area contributed by atoms with E-state index in [-0.39, 0.29) is 31.6 Å². The van der Waals surface area contributed by atoms with E-state index >= 15 is 4.39 Å². The molecule has 349 valence electrons. The topological polar surface area (TPSA) is 56.7 Å². The number of thiophene rings is 1. The standard InChI is InChI=1S/C42H25FN3OS.C19H26GeN.Ir/c1-23-22-31-28-14-8-9-15-35(28)48-40(31)24(2)37(23)46-38-27-13-7-6-10-25(27)16-20-34(38)44-41(46)30-17-19-32(43)36-29-18-21-33(26-11-4-3-5-12-26)45-42(29)47-39(30)36;1-14(2)11-17-12-19(16-9-7-15(3)8-10-16)21-13-18(17)20(4,5)6;/h3-16,18-22H,1-2H3;7-9,12-14H,11H2,1-6H3;/q2*-1;/i;3D3,11D2;. The number of hydrogen-bond donors (Lipinski definition) is 0. The van der Waals surface area contributed by atoms with Gasteiger partial charge in [0.15, 0.2) is 0 Å². The van der Waals surface area contributed by atoms with Gasteiger partial charge in [0.25, 0.3) is 0 Å². The van der Waals surface area contributed by atoms with E-state index in [0.29, 0.717) is 50.3 Å². The Bertz CT molecular complexity index is 4160. The van der Waals surface area contributed by atoms with Crippen molar-refractivity contribution in [1.29, 1.82) is 0 Å². The first-order valence-electron chi connectivity index (χ1n) is 25.6. The molecule has 0 unspecified atom stereocenters. The molecule has 5 heterocycles. The van der Waals surface area contributed by atoms with Crippen molar-refractivity contribution in [1.82, 2.24) is 19.5 Å². The summed E-state index contributed by atoms with van der Waals surface area (Å²) < 4.78 is 67.6. The molecule has 0 aliphatic heterocycles. The van der Waals surface area contributed by atoms with Gasteiger partial charge in [0.05, 0.1) is 28.1 Å². The summed E-state index contributed by atoms with van der Waals surface area (Å²) in [7, 11) is 0. The zero-order valence-electron chi connectivity index (χ0n) is 44.8. The van der Waals surface area contributed by atoms with Crippen LogP contribution >= 0.6 is 11.3 Å². The van der Waals surface area contributed by atoms with Gasteiger partial charge in [-0.15, -0.1) is 23.5 Å². The molecule has 0 aliphatic carbocycles. The number of rotatable bonds is 7. The van der Waals surface area contributed by atoms with Crippen LogP contribution in [0, 0.1) is 44.6 Å². The van der Waals surface area contributed by atoms with Crippen molar-refractivity contribution in [3.8, 4) is 39.6 Å². The van der Waals surface area contributed by atoms with Gasteiger partial charge in [0.1, 0.15) is 0 Å². The van der Waals surface area contributed by atoms with Gasteiger partial charge in [0, 0.05) is 68.1 Å². The van der Waals surface area contributed by atoms with E-state index in [1.165, 1.54) is 32.3 Å². The van der Waals surface area contributed by atoms with Gasteiger partial charge in [0.2, 0.25) is 5.71 Å². The minimum atomic E-state index is -2.32. The third-order valence-electron chi connectivity index (χ3n) is 12.7. The number of imidazole rings is 1. The number of halogens is 1. The third-order valence-corrected chi connectivity index (χ3v) is 18.3. The summed E-state index contributed by atoms with van der Waals surface area (Å²) in [5.74, 6) is 6.76. The first kappa shape index (κ1) is 41.5. The van der Waals surface area contributed by atoms with E-state index in [4.69, 9.17) is 21.2 Å². The summed E-state index contributed by atoms with van der Waals surface area (Å²) in [6.07, 6.45) is 0.362. The first-order chi connectivity index (χ1) is 35.3. The smallest absolute Gasteiger partial charge is 0 e. The van der Waals surface area contributed by atoms with Crippen molar-refractivity contribution in [3.63, 3.8) is 0 Å². The molecule has 9 heteroatoms. The van der Waals surface area contributed by atoms with Crippen LogP contribution in [0.4, 0.5) is 4.39 Å². The molecule has 0 atom stereocenters. The molecule has 0 N–H and O–H groups in total. The van der Waals surface area contributed by atoms with Gasteiger partial charge in [-0.25, -0.2) is 4.98 Å². The van der Waals surface area contributed by atoms with E-state index in [9.17, 15) is 0 Å². The second-order valence-corrected chi connectivity index (χ2v) is 30.6. The van der Waals surface area contributed by atoms with E-state index in [0.717, 1.165) is 54.3 Å². The molecule has 12 aromatic rings. The normalized spacial score (nSPS) is 13.3. The number of nitrogens with zero attached hydrogens (tertiary/aromatic N) is 4. The summed E-state index contributed by atoms with van der Waals surface area (Å²) in [5.41, 5.74) is 10.5. The van der Waals surface area contributed by atoms with Crippen LogP contribution in [0.2, 0.25) is 17.3 Å². The summed E-state index contributed by atoms with van der Waals surface area (Å²) >= 11 is -0.509. The Hall–Kier alpha value is -6.29. The third kappa shape index (κ3) is 8.49. The predicted molar refractivity (Wildman–Crippen MR) is 290 cm³/mol. The minimum Gasteiger partial charge on any atom is 0 e. The Kier molecular flexibility index (Phi) is 11.1. The van der Waals surface area contributed by atoms with Crippen LogP contribution in [0.15, 0.2) is 150 Å². The van der Waals surface area contributed by atoms with Crippen LogP contribution in [-0.4, -0.2) is 32.8 Å². The maximum atomic E-state index is 15.8. The fraction of sp³-hybridized carbons (Fsp3) is 0.164. The van der Waals surface area contributed by atoms with Crippen LogP contribution in [0.3, 0.4) is 0 Å². The average molecular weight is 1180 g/mol. The van der Waals surface area contributed by atoms with E-state index < -0.39 is 32.3 Å². The van der Waals surface area contributed by atoms with Crippen molar-refractivity contribution in [2.24, 2.45) is 5.92 Å². The Labute approximate surface area is 435 Å². The summed E-state index contributed by atoms with van der Waals surface area (Å²) in [6, 6.07) is 51.3. The molecule has 5 aromatic heterocycles. The van der Waals surface area contributed by atoms with Crippen LogP contribution in [0.1, 0.15) is 43.0 Å². The molecule has 70 heavy (non-hydrogen) atoms. The zero-order valence-corrected chi connectivity index (χ0v) is 45.1. The van der Waals surface area contributed by atoms with Gasteiger partial charge in [-0.05, 0) is 66.1 Å². The Morgan fingerprint density at radius 3 is 2.33 bits per heavy atom. The van der Waals surface area contributed by atoms with Crippen molar-refractivity contribution < 1.29 is 35.8 Å². The summed E-state index contributed by atoms with van der Waals surface area (Å²) in [6.45, 7) is 5.97. The molecule has 0 saturated heterocycles. The number of hydrogen-bond acceptors (Lipinski definition) is 5. The molecule has 7 aromatic carbocycles. The monoisotopic (exact) mass is 1180 g/mol. The Morgan fingerprint density at radius 1 is 0.800 bits per heavy atom. The number of aromatic nitrogens is 4. The van der Waals surface area contributed by atoms with Gasteiger partial charge in [-0.2, -0.15) is 0 Å². The van der Waals surface area contributed by atoms with Crippen molar-refractivity contribution in [3.05, 3.63) is 186 Å². The zero-order chi connectivity index (χ0) is 52.0. The van der Waals surface area contributed by atoms with E-state index in [2.05, 4.69) is 120 Å².